The molecule has 0 saturated carbocycles. The van der Waals surface area contributed by atoms with Crippen molar-refractivity contribution in [2.45, 2.75) is 13.5 Å². The summed E-state index contributed by atoms with van der Waals surface area (Å²) >= 11 is 0. The van der Waals surface area contributed by atoms with Crippen LogP contribution in [-0.4, -0.2) is 29.4 Å². The van der Waals surface area contributed by atoms with Crippen LogP contribution in [0.5, 0.6) is 0 Å². The van der Waals surface area contributed by atoms with Crippen molar-refractivity contribution < 1.29 is 4.74 Å². The van der Waals surface area contributed by atoms with E-state index < -0.39 is 0 Å². The van der Waals surface area contributed by atoms with E-state index in [1.807, 2.05) is 0 Å². The van der Waals surface area contributed by atoms with Crippen molar-refractivity contribution >= 4 is 0 Å². The van der Waals surface area contributed by atoms with Gasteiger partial charge in [-0.05, 0) is 5.92 Å². The number of hydrogen-bond donors (Lipinski definition) is 1. The summed E-state index contributed by atoms with van der Waals surface area (Å²) in [5.41, 5.74) is 0.0331. The molecule has 1 heterocycles. The van der Waals surface area contributed by atoms with E-state index in [2.05, 4.69) is 12.2 Å². The summed E-state index contributed by atoms with van der Waals surface area (Å²) in [5.74, 6) is 0.381. The molecular weight excluding hydrogens is 234 g/mol. The van der Waals surface area contributed by atoms with Crippen LogP contribution in [0.4, 0.5) is 0 Å². The largest absolute Gasteiger partial charge is 0.384 e. The molecule has 1 aromatic rings. The summed E-state index contributed by atoms with van der Waals surface area (Å²) in [7, 11) is 4.79. The average molecular weight is 255 g/mol. The molecule has 0 aliphatic heterocycles. The van der Waals surface area contributed by atoms with Crippen molar-refractivity contribution in [2.24, 2.45) is 20.0 Å². The Morgan fingerprint density at radius 2 is 2.06 bits per heavy atom. The minimum absolute atomic E-state index is 0.245. The number of nitrogens with zero attached hydrogens (tertiary/aromatic N) is 2. The number of aromatic nitrogens is 2. The second-order valence-corrected chi connectivity index (χ2v) is 4.60. The molecule has 1 atom stereocenters. The van der Waals surface area contributed by atoms with Gasteiger partial charge in [0.25, 0.3) is 5.56 Å². The topological polar surface area (TPSA) is 65.3 Å². The third kappa shape index (κ3) is 3.54. The molecule has 6 nitrogen and oxygen atoms in total. The second-order valence-electron chi connectivity index (χ2n) is 4.60. The third-order valence-corrected chi connectivity index (χ3v) is 2.78. The van der Waals surface area contributed by atoms with Crippen molar-refractivity contribution in [3.63, 3.8) is 0 Å². The third-order valence-electron chi connectivity index (χ3n) is 2.78. The van der Waals surface area contributed by atoms with Gasteiger partial charge in [0, 0.05) is 52.7 Å². The van der Waals surface area contributed by atoms with Crippen molar-refractivity contribution in [1.29, 1.82) is 0 Å². The van der Waals surface area contributed by atoms with Crippen LogP contribution in [0.25, 0.3) is 0 Å². The van der Waals surface area contributed by atoms with E-state index in [0.717, 1.165) is 11.1 Å². The Kier molecular flexibility index (Phi) is 5.30. The van der Waals surface area contributed by atoms with E-state index in [9.17, 15) is 9.59 Å². The molecule has 1 N–H and O–H groups in total. The van der Waals surface area contributed by atoms with Crippen LogP contribution in [0.2, 0.25) is 0 Å². The molecule has 0 radical (unpaired) electrons. The highest BCUT2D eigenvalue weighted by Gasteiger charge is 2.07. The van der Waals surface area contributed by atoms with Gasteiger partial charge in [0.05, 0.1) is 0 Å². The van der Waals surface area contributed by atoms with Gasteiger partial charge in [0.15, 0.2) is 0 Å². The molecule has 102 valence electrons. The lowest BCUT2D eigenvalue weighted by Crippen LogP contribution is -2.39. The Bertz CT molecular complexity index is 504. The van der Waals surface area contributed by atoms with E-state index in [1.54, 1.807) is 20.4 Å². The number of nitrogens with one attached hydrogen (secondary N) is 1. The highest BCUT2D eigenvalue weighted by atomic mass is 16.5. The average Bonchev–Trinajstić information content (AvgIpc) is 2.33. The van der Waals surface area contributed by atoms with E-state index in [4.69, 9.17) is 4.74 Å². The van der Waals surface area contributed by atoms with Crippen LogP contribution < -0.4 is 16.6 Å². The molecule has 0 saturated heterocycles. The molecule has 0 bridgehead atoms. The van der Waals surface area contributed by atoms with Crippen LogP contribution in [-0.2, 0) is 25.4 Å². The molecule has 1 aromatic heterocycles. The van der Waals surface area contributed by atoms with Gasteiger partial charge in [-0.2, -0.15) is 0 Å². The molecular formula is C12H21N3O3. The first kappa shape index (κ1) is 14.7. The second kappa shape index (κ2) is 6.51. The van der Waals surface area contributed by atoms with Gasteiger partial charge in [-0.15, -0.1) is 0 Å². The van der Waals surface area contributed by atoms with Gasteiger partial charge in [0.2, 0.25) is 0 Å². The van der Waals surface area contributed by atoms with Crippen molar-refractivity contribution in [2.75, 3.05) is 20.3 Å². The van der Waals surface area contributed by atoms with Crippen molar-refractivity contribution in [1.82, 2.24) is 14.5 Å². The van der Waals surface area contributed by atoms with Crippen LogP contribution >= 0.6 is 0 Å². The fourth-order valence-electron chi connectivity index (χ4n) is 1.80. The number of methoxy groups -OCH3 is 1. The minimum atomic E-state index is -0.309. The van der Waals surface area contributed by atoms with Crippen molar-refractivity contribution in [3.05, 3.63) is 32.6 Å². The monoisotopic (exact) mass is 255 g/mol. The summed E-state index contributed by atoms with van der Waals surface area (Å²) in [6, 6.07) is 0. The van der Waals surface area contributed by atoms with E-state index in [0.29, 0.717) is 24.6 Å². The number of hydrogen-bond acceptors (Lipinski definition) is 4. The van der Waals surface area contributed by atoms with Crippen LogP contribution in [0.3, 0.4) is 0 Å². The highest BCUT2D eigenvalue weighted by Crippen LogP contribution is 1.94. The Balaban J connectivity index is 2.69. The first-order valence-electron chi connectivity index (χ1n) is 5.92. The van der Waals surface area contributed by atoms with Crippen LogP contribution in [0.15, 0.2) is 15.8 Å². The molecule has 0 aliphatic rings. The predicted molar refractivity (Wildman–Crippen MR) is 69.7 cm³/mol. The first-order chi connectivity index (χ1) is 8.47. The van der Waals surface area contributed by atoms with Gasteiger partial charge in [-0.25, -0.2) is 4.79 Å². The summed E-state index contributed by atoms with van der Waals surface area (Å²) in [6.07, 6.45) is 1.58. The van der Waals surface area contributed by atoms with Gasteiger partial charge in [0.1, 0.15) is 0 Å². The molecule has 0 fully saturated rings. The zero-order valence-corrected chi connectivity index (χ0v) is 11.4. The molecule has 0 amide bonds. The fourth-order valence-corrected chi connectivity index (χ4v) is 1.80. The zero-order valence-electron chi connectivity index (χ0n) is 11.4. The SMILES string of the molecule is COCC(C)CNCc1cn(C)c(=O)n(C)c1=O. The molecule has 0 spiro atoms. The van der Waals surface area contributed by atoms with Crippen LogP contribution in [0, 0.1) is 5.92 Å². The first-order valence-corrected chi connectivity index (χ1v) is 5.92. The normalized spacial score (nSPS) is 12.7. The lowest BCUT2D eigenvalue weighted by molar-refractivity contribution is 0.158. The van der Waals surface area contributed by atoms with Crippen molar-refractivity contribution in [3.8, 4) is 0 Å². The maximum Gasteiger partial charge on any atom is 0.330 e. The van der Waals surface area contributed by atoms with E-state index in [-0.39, 0.29) is 11.2 Å². The summed E-state index contributed by atoms with van der Waals surface area (Å²) in [4.78, 5) is 23.3. The zero-order chi connectivity index (χ0) is 13.7. The van der Waals surface area contributed by atoms with E-state index in [1.165, 1.54) is 11.6 Å². The van der Waals surface area contributed by atoms with Gasteiger partial charge in [-0.3, -0.25) is 9.36 Å². The number of rotatable bonds is 6. The lowest BCUT2D eigenvalue weighted by Gasteiger charge is -2.12. The Labute approximate surface area is 106 Å². The molecule has 1 unspecified atom stereocenters. The minimum Gasteiger partial charge on any atom is -0.384 e. The lowest BCUT2D eigenvalue weighted by atomic mass is 10.2. The fraction of sp³-hybridized carbons (Fsp3) is 0.667. The summed E-state index contributed by atoms with van der Waals surface area (Å²) in [6.45, 7) is 3.96. The molecule has 1 rings (SSSR count). The van der Waals surface area contributed by atoms with Gasteiger partial charge in [-0.1, -0.05) is 6.92 Å². The van der Waals surface area contributed by atoms with Gasteiger partial charge >= 0.3 is 5.69 Å². The Morgan fingerprint density at radius 1 is 1.39 bits per heavy atom. The van der Waals surface area contributed by atoms with E-state index >= 15 is 0 Å². The van der Waals surface area contributed by atoms with Crippen LogP contribution in [0.1, 0.15) is 12.5 Å². The quantitative estimate of drug-likeness (QED) is 0.741. The number of ether oxygens (including phenoxy) is 1. The standard InChI is InChI=1S/C12H21N3O3/c1-9(8-18-4)5-13-6-10-7-14(2)12(17)15(3)11(10)16/h7,9,13H,5-6,8H2,1-4H3. The maximum atomic E-state index is 11.8. The Hall–Kier alpha value is -1.40. The predicted octanol–water partition coefficient (Wildman–Crippen LogP) is -0.544. The van der Waals surface area contributed by atoms with Gasteiger partial charge < -0.3 is 14.6 Å². The summed E-state index contributed by atoms with van der Waals surface area (Å²) < 4.78 is 7.57. The summed E-state index contributed by atoms with van der Waals surface area (Å²) in [5, 5.41) is 3.19. The number of aryl methyl sites for hydroxylation is 1. The molecule has 0 aliphatic carbocycles. The molecule has 6 heteroatoms. The molecule has 0 aromatic carbocycles. The highest BCUT2D eigenvalue weighted by molar-refractivity contribution is 5.05. The Morgan fingerprint density at radius 3 is 2.67 bits per heavy atom. The molecule has 18 heavy (non-hydrogen) atoms. The smallest absolute Gasteiger partial charge is 0.330 e. The maximum absolute atomic E-state index is 11.8.